The van der Waals surface area contributed by atoms with Crippen molar-refractivity contribution in [3.8, 4) is 22.5 Å². The second kappa shape index (κ2) is 4.40. The first-order valence-electron chi connectivity index (χ1n) is 5.37. The SMILES string of the molecule is Nc1noc(-c2cn[nH]c2)c1-c1cccc(Cl)c1F. The number of nitrogens with two attached hydrogens (primary N) is 1. The molecule has 2 heterocycles. The van der Waals surface area contributed by atoms with Crippen molar-refractivity contribution in [3.05, 3.63) is 41.4 Å². The molecule has 0 saturated heterocycles. The lowest BCUT2D eigenvalue weighted by Gasteiger charge is -2.04. The van der Waals surface area contributed by atoms with Gasteiger partial charge in [-0.2, -0.15) is 5.10 Å². The molecule has 0 amide bonds. The molecule has 96 valence electrons. The summed E-state index contributed by atoms with van der Waals surface area (Å²) in [6, 6.07) is 4.65. The normalized spacial score (nSPS) is 10.8. The van der Waals surface area contributed by atoms with E-state index in [1.54, 1.807) is 18.3 Å². The van der Waals surface area contributed by atoms with E-state index in [-0.39, 0.29) is 16.4 Å². The standard InChI is InChI=1S/C12H8ClFN4O/c13-8-3-1-2-7(10(8)14)9-11(19-18-12(9)15)6-4-16-17-5-6/h1-5H,(H2,15,18)(H,16,17). The highest BCUT2D eigenvalue weighted by Crippen LogP contribution is 2.38. The van der Waals surface area contributed by atoms with Crippen LogP contribution >= 0.6 is 11.6 Å². The highest BCUT2D eigenvalue weighted by atomic mass is 35.5. The van der Waals surface area contributed by atoms with Crippen LogP contribution in [0.4, 0.5) is 10.2 Å². The molecule has 7 heteroatoms. The first kappa shape index (κ1) is 11.7. The van der Waals surface area contributed by atoms with Gasteiger partial charge in [-0.1, -0.05) is 28.9 Å². The van der Waals surface area contributed by atoms with Crippen LogP contribution in [-0.2, 0) is 0 Å². The van der Waals surface area contributed by atoms with Gasteiger partial charge in [0, 0.05) is 11.8 Å². The smallest absolute Gasteiger partial charge is 0.180 e. The van der Waals surface area contributed by atoms with E-state index in [0.29, 0.717) is 16.9 Å². The topological polar surface area (TPSA) is 80.7 Å². The molecule has 0 aliphatic heterocycles. The summed E-state index contributed by atoms with van der Waals surface area (Å²) in [6.07, 6.45) is 3.14. The molecule has 0 aliphatic carbocycles. The van der Waals surface area contributed by atoms with Crippen molar-refractivity contribution >= 4 is 17.4 Å². The summed E-state index contributed by atoms with van der Waals surface area (Å²) >= 11 is 5.77. The van der Waals surface area contributed by atoms with Gasteiger partial charge >= 0.3 is 0 Å². The molecule has 0 atom stereocenters. The van der Waals surface area contributed by atoms with E-state index >= 15 is 0 Å². The van der Waals surface area contributed by atoms with Gasteiger partial charge in [0.2, 0.25) is 0 Å². The van der Waals surface area contributed by atoms with Crippen LogP contribution in [0.1, 0.15) is 0 Å². The Bertz CT molecular complexity index is 723. The fourth-order valence-corrected chi connectivity index (χ4v) is 2.01. The third-order valence-electron chi connectivity index (χ3n) is 2.70. The molecule has 1 aromatic carbocycles. The number of nitrogens with zero attached hydrogens (tertiary/aromatic N) is 2. The molecule has 3 rings (SSSR count). The van der Waals surface area contributed by atoms with E-state index in [2.05, 4.69) is 15.4 Å². The Morgan fingerprint density at radius 2 is 2.21 bits per heavy atom. The zero-order chi connectivity index (χ0) is 13.4. The number of aromatic nitrogens is 3. The second-order valence-corrected chi connectivity index (χ2v) is 4.27. The van der Waals surface area contributed by atoms with Gasteiger partial charge in [0.1, 0.15) is 5.82 Å². The average molecular weight is 279 g/mol. The maximum Gasteiger partial charge on any atom is 0.180 e. The van der Waals surface area contributed by atoms with Crippen LogP contribution in [0.3, 0.4) is 0 Å². The number of halogens is 2. The van der Waals surface area contributed by atoms with Crippen molar-refractivity contribution in [1.29, 1.82) is 0 Å². The van der Waals surface area contributed by atoms with Crippen molar-refractivity contribution < 1.29 is 8.91 Å². The summed E-state index contributed by atoms with van der Waals surface area (Å²) in [5, 5.41) is 10.1. The minimum Gasteiger partial charge on any atom is -0.380 e. The number of nitrogens with one attached hydrogen (secondary N) is 1. The van der Waals surface area contributed by atoms with Crippen molar-refractivity contribution in [1.82, 2.24) is 15.4 Å². The number of nitrogen functional groups attached to an aromatic ring is 1. The first-order valence-corrected chi connectivity index (χ1v) is 5.75. The number of rotatable bonds is 2. The van der Waals surface area contributed by atoms with Gasteiger partial charge in [0.15, 0.2) is 11.6 Å². The van der Waals surface area contributed by atoms with Crippen molar-refractivity contribution in [2.75, 3.05) is 5.73 Å². The van der Waals surface area contributed by atoms with Gasteiger partial charge in [0.05, 0.1) is 22.3 Å². The summed E-state index contributed by atoms with van der Waals surface area (Å²) < 4.78 is 19.2. The van der Waals surface area contributed by atoms with E-state index in [1.165, 1.54) is 12.3 Å². The predicted molar refractivity (Wildman–Crippen MR) is 68.9 cm³/mol. The molecule has 5 nitrogen and oxygen atoms in total. The van der Waals surface area contributed by atoms with E-state index in [0.717, 1.165) is 0 Å². The highest BCUT2D eigenvalue weighted by Gasteiger charge is 2.21. The van der Waals surface area contributed by atoms with Gasteiger partial charge in [-0.05, 0) is 6.07 Å². The molecule has 3 N–H and O–H groups in total. The molecule has 3 aromatic rings. The predicted octanol–water partition coefficient (Wildman–Crippen LogP) is 3.11. The Morgan fingerprint density at radius 1 is 1.37 bits per heavy atom. The molecule has 19 heavy (non-hydrogen) atoms. The van der Waals surface area contributed by atoms with Crippen LogP contribution in [0.15, 0.2) is 35.1 Å². The lowest BCUT2D eigenvalue weighted by Crippen LogP contribution is -1.92. The third-order valence-corrected chi connectivity index (χ3v) is 2.99. The molecule has 0 bridgehead atoms. The fourth-order valence-electron chi connectivity index (χ4n) is 1.83. The zero-order valence-corrected chi connectivity index (χ0v) is 10.3. The first-order chi connectivity index (χ1) is 9.18. The van der Waals surface area contributed by atoms with Crippen molar-refractivity contribution in [2.45, 2.75) is 0 Å². The molecule has 0 saturated carbocycles. The summed E-state index contributed by atoms with van der Waals surface area (Å²) in [6.45, 7) is 0. The molecular weight excluding hydrogens is 271 g/mol. The summed E-state index contributed by atoms with van der Waals surface area (Å²) in [5.41, 5.74) is 6.98. The van der Waals surface area contributed by atoms with E-state index in [4.69, 9.17) is 21.9 Å². The summed E-state index contributed by atoms with van der Waals surface area (Å²) in [5.74, 6) is -0.131. The largest absolute Gasteiger partial charge is 0.380 e. The van der Waals surface area contributed by atoms with Crippen LogP contribution in [0.5, 0.6) is 0 Å². The second-order valence-electron chi connectivity index (χ2n) is 3.86. The lowest BCUT2D eigenvalue weighted by atomic mass is 10.0. The molecule has 0 radical (unpaired) electrons. The minimum atomic E-state index is -0.566. The molecule has 0 unspecified atom stereocenters. The van der Waals surface area contributed by atoms with Gasteiger partial charge in [-0.25, -0.2) is 4.39 Å². The Kier molecular flexibility index (Phi) is 2.72. The average Bonchev–Trinajstić information content (AvgIpc) is 3.02. The Balaban J connectivity index is 2.26. The maximum atomic E-state index is 14.1. The minimum absolute atomic E-state index is 0.0104. The van der Waals surface area contributed by atoms with Crippen LogP contribution in [-0.4, -0.2) is 15.4 Å². The lowest BCUT2D eigenvalue weighted by molar-refractivity contribution is 0.436. The number of anilines is 1. The molecule has 0 spiro atoms. The maximum absolute atomic E-state index is 14.1. The zero-order valence-electron chi connectivity index (χ0n) is 9.52. The number of hydrogen-bond acceptors (Lipinski definition) is 4. The van der Waals surface area contributed by atoms with Crippen LogP contribution < -0.4 is 5.73 Å². The van der Waals surface area contributed by atoms with Gasteiger partial charge in [-0.3, -0.25) is 5.10 Å². The van der Waals surface area contributed by atoms with E-state index < -0.39 is 5.82 Å². The third kappa shape index (κ3) is 1.86. The number of benzene rings is 1. The fraction of sp³-hybridized carbons (Fsp3) is 0. The number of hydrogen-bond donors (Lipinski definition) is 2. The van der Waals surface area contributed by atoms with Crippen LogP contribution in [0.25, 0.3) is 22.5 Å². The summed E-state index contributed by atoms with van der Waals surface area (Å²) in [7, 11) is 0. The monoisotopic (exact) mass is 278 g/mol. The Hall–Kier alpha value is -2.34. The van der Waals surface area contributed by atoms with E-state index in [1.807, 2.05) is 0 Å². The molecule has 2 aromatic heterocycles. The molecular formula is C12H8ClFN4O. The van der Waals surface area contributed by atoms with Gasteiger partial charge in [-0.15, -0.1) is 0 Å². The van der Waals surface area contributed by atoms with Crippen molar-refractivity contribution in [3.63, 3.8) is 0 Å². The summed E-state index contributed by atoms with van der Waals surface area (Å²) in [4.78, 5) is 0. The van der Waals surface area contributed by atoms with Gasteiger partial charge < -0.3 is 10.3 Å². The highest BCUT2D eigenvalue weighted by molar-refractivity contribution is 6.31. The Labute approximate surface area is 112 Å². The van der Waals surface area contributed by atoms with Crippen molar-refractivity contribution in [2.24, 2.45) is 0 Å². The van der Waals surface area contributed by atoms with Crippen LogP contribution in [0, 0.1) is 5.82 Å². The van der Waals surface area contributed by atoms with E-state index in [9.17, 15) is 4.39 Å². The number of H-pyrrole nitrogens is 1. The number of aromatic amines is 1. The molecule has 0 aliphatic rings. The van der Waals surface area contributed by atoms with Crippen LogP contribution in [0.2, 0.25) is 5.02 Å². The Morgan fingerprint density at radius 3 is 2.95 bits per heavy atom. The molecule has 0 fully saturated rings. The quantitative estimate of drug-likeness (QED) is 0.755. The van der Waals surface area contributed by atoms with Gasteiger partial charge in [0.25, 0.3) is 0 Å².